The van der Waals surface area contributed by atoms with Crippen molar-refractivity contribution < 1.29 is 12.8 Å². The molecule has 3 rings (SSSR count). The number of benzene rings is 1. The summed E-state index contributed by atoms with van der Waals surface area (Å²) in [6.07, 6.45) is 4.91. The lowest BCUT2D eigenvalue weighted by atomic mass is 10.1. The highest BCUT2D eigenvalue weighted by Crippen LogP contribution is 2.34. The van der Waals surface area contributed by atoms with Gasteiger partial charge in [0.15, 0.2) is 0 Å². The molecule has 0 N–H and O–H groups in total. The minimum atomic E-state index is -3.49. The van der Waals surface area contributed by atoms with E-state index in [1.807, 2.05) is 0 Å². The Morgan fingerprint density at radius 2 is 1.89 bits per heavy atom. The van der Waals surface area contributed by atoms with Gasteiger partial charge in [-0.15, -0.1) is 0 Å². The van der Waals surface area contributed by atoms with Crippen LogP contribution in [0.1, 0.15) is 24.8 Å². The van der Waals surface area contributed by atoms with Gasteiger partial charge >= 0.3 is 0 Å². The van der Waals surface area contributed by atoms with Crippen LogP contribution in [0.25, 0.3) is 6.08 Å². The second-order valence-electron chi connectivity index (χ2n) is 5.10. The first-order valence-electron chi connectivity index (χ1n) is 6.55. The van der Waals surface area contributed by atoms with Crippen molar-refractivity contribution >= 4 is 15.9 Å². The summed E-state index contributed by atoms with van der Waals surface area (Å²) in [4.78, 5) is 2.57. The van der Waals surface area contributed by atoms with Gasteiger partial charge in [0.25, 0.3) is 0 Å². The van der Waals surface area contributed by atoms with E-state index in [-0.39, 0.29) is 10.5 Å². The molecule has 0 saturated carbocycles. The molecule has 1 saturated heterocycles. The van der Waals surface area contributed by atoms with Gasteiger partial charge in [-0.05, 0) is 44.1 Å². The molecular formula is C14H16FNO2S. The first kappa shape index (κ1) is 12.8. The number of likely N-dealkylation sites (tertiary alicyclic amines) is 1. The molecule has 0 bridgehead atoms. The third-order valence-corrected chi connectivity index (χ3v) is 5.65. The Hall–Kier alpha value is -1.20. The number of halogens is 1. The van der Waals surface area contributed by atoms with E-state index in [0.717, 1.165) is 25.9 Å². The highest BCUT2D eigenvalue weighted by Gasteiger charge is 2.32. The second-order valence-corrected chi connectivity index (χ2v) is 7.07. The maximum Gasteiger partial charge on any atom is 0.204 e. The number of hydrogen-bond donors (Lipinski definition) is 0. The van der Waals surface area contributed by atoms with Crippen molar-refractivity contribution in [1.29, 1.82) is 0 Å². The number of fused-ring (bicyclic) bond motifs is 1. The Bertz CT molecular complexity index is 631. The Labute approximate surface area is 112 Å². The first-order chi connectivity index (χ1) is 9.09. The molecular weight excluding hydrogens is 265 g/mol. The van der Waals surface area contributed by atoms with Crippen molar-refractivity contribution in [3.63, 3.8) is 0 Å². The average molecular weight is 281 g/mol. The molecule has 0 spiro atoms. The van der Waals surface area contributed by atoms with Crippen LogP contribution in [0, 0.1) is 5.82 Å². The molecule has 2 heterocycles. The predicted octanol–water partition coefficient (Wildman–Crippen LogP) is 2.44. The lowest BCUT2D eigenvalue weighted by Gasteiger charge is -2.26. The van der Waals surface area contributed by atoms with Crippen LogP contribution in [0.4, 0.5) is 4.39 Å². The average Bonchev–Trinajstić information content (AvgIpc) is 2.65. The van der Waals surface area contributed by atoms with Gasteiger partial charge in [-0.2, -0.15) is 0 Å². The summed E-state index contributed by atoms with van der Waals surface area (Å²) in [6.45, 7) is 2.24. The van der Waals surface area contributed by atoms with E-state index in [0.29, 0.717) is 11.4 Å². The summed E-state index contributed by atoms with van der Waals surface area (Å²) in [6, 6.07) is 4.23. The van der Waals surface area contributed by atoms with Gasteiger partial charge in [0.2, 0.25) is 9.84 Å². The minimum Gasteiger partial charge on any atom is -0.298 e. The van der Waals surface area contributed by atoms with Crippen LogP contribution in [0.3, 0.4) is 0 Å². The lowest BCUT2D eigenvalue weighted by Crippen LogP contribution is -2.32. The zero-order valence-electron chi connectivity index (χ0n) is 10.6. The summed E-state index contributed by atoms with van der Waals surface area (Å²) in [5, 5.41) is 0. The molecule has 0 aromatic heterocycles. The Kier molecular flexibility index (Phi) is 3.19. The topological polar surface area (TPSA) is 37.4 Å². The SMILES string of the molecule is O=S1(=O)C(CN2CCCCC2)=Cc2c(F)cccc21. The van der Waals surface area contributed by atoms with Crippen LogP contribution in [-0.2, 0) is 9.84 Å². The molecule has 1 aromatic rings. The molecule has 0 amide bonds. The molecule has 19 heavy (non-hydrogen) atoms. The summed E-state index contributed by atoms with van der Waals surface area (Å²) < 4.78 is 38.4. The fraction of sp³-hybridized carbons (Fsp3) is 0.429. The summed E-state index contributed by atoms with van der Waals surface area (Å²) in [7, 11) is -3.49. The smallest absolute Gasteiger partial charge is 0.204 e. The number of hydrogen-bond acceptors (Lipinski definition) is 3. The molecule has 2 aliphatic heterocycles. The standard InChI is InChI=1S/C14H16FNO2S/c15-13-5-4-6-14-12(13)9-11(19(14,17)18)10-16-7-2-1-3-8-16/h4-6,9H,1-3,7-8,10H2. The number of sulfone groups is 1. The highest BCUT2D eigenvalue weighted by molar-refractivity contribution is 7.95. The Balaban J connectivity index is 1.92. The molecule has 0 aliphatic carbocycles. The van der Waals surface area contributed by atoms with Crippen LogP contribution in [0.15, 0.2) is 28.0 Å². The summed E-state index contributed by atoms with van der Waals surface area (Å²) >= 11 is 0. The quantitative estimate of drug-likeness (QED) is 0.835. The molecule has 0 atom stereocenters. The number of rotatable bonds is 2. The maximum absolute atomic E-state index is 13.7. The molecule has 1 aromatic carbocycles. The van der Waals surface area contributed by atoms with Crippen LogP contribution in [-0.4, -0.2) is 33.0 Å². The van der Waals surface area contributed by atoms with Crippen LogP contribution in [0.2, 0.25) is 0 Å². The number of piperidine rings is 1. The Morgan fingerprint density at radius 1 is 1.16 bits per heavy atom. The van der Waals surface area contributed by atoms with Gasteiger partial charge in [-0.3, -0.25) is 4.90 Å². The molecule has 3 nitrogen and oxygen atoms in total. The minimum absolute atomic E-state index is 0.111. The van der Waals surface area contributed by atoms with Crippen molar-refractivity contribution in [3.8, 4) is 0 Å². The fourth-order valence-corrected chi connectivity index (χ4v) is 4.35. The molecule has 5 heteroatoms. The van der Waals surface area contributed by atoms with E-state index < -0.39 is 15.7 Å². The monoisotopic (exact) mass is 281 g/mol. The van der Waals surface area contributed by atoms with Crippen LogP contribution >= 0.6 is 0 Å². The zero-order chi connectivity index (χ0) is 13.5. The van der Waals surface area contributed by atoms with Gasteiger partial charge in [0, 0.05) is 12.1 Å². The fourth-order valence-electron chi connectivity index (χ4n) is 2.74. The lowest BCUT2D eigenvalue weighted by molar-refractivity contribution is 0.250. The van der Waals surface area contributed by atoms with Crippen molar-refractivity contribution in [2.75, 3.05) is 19.6 Å². The van der Waals surface area contributed by atoms with E-state index in [1.54, 1.807) is 0 Å². The predicted molar refractivity (Wildman–Crippen MR) is 71.9 cm³/mol. The van der Waals surface area contributed by atoms with Gasteiger partial charge in [0.1, 0.15) is 5.82 Å². The largest absolute Gasteiger partial charge is 0.298 e. The highest BCUT2D eigenvalue weighted by atomic mass is 32.2. The molecule has 0 radical (unpaired) electrons. The molecule has 2 aliphatic rings. The van der Waals surface area contributed by atoms with Gasteiger partial charge in [0.05, 0.1) is 9.80 Å². The van der Waals surface area contributed by atoms with E-state index in [9.17, 15) is 12.8 Å². The second kappa shape index (κ2) is 4.72. The van der Waals surface area contributed by atoms with Crippen LogP contribution < -0.4 is 0 Å². The molecule has 0 unspecified atom stereocenters. The van der Waals surface area contributed by atoms with Gasteiger partial charge in [-0.25, -0.2) is 12.8 Å². The molecule has 1 fully saturated rings. The van der Waals surface area contributed by atoms with E-state index >= 15 is 0 Å². The number of nitrogens with zero attached hydrogens (tertiary/aromatic N) is 1. The third kappa shape index (κ3) is 2.21. The van der Waals surface area contributed by atoms with Crippen molar-refractivity contribution in [3.05, 3.63) is 34.5 Å². The maximum atomic E-state index is 13.7. The van der Waals surface area contributed by atoms with E-state index in [2.05, 4.69) is 4.90 Å². The van der Waals surface area contributed by atoms with Crippen molar-refractivity contribution in [2.45, 2.75) is 24.2 Å². The van der Waals surface area contributed by atoms with Crippen LogP contribution in [0.5, 0.6) is 0 Å². The zero-order valence-corrected chi connectivity index (χ0v) is 11.4. The van der Waals surface area contributed by atoms with Crippen molar-refractivity contribution in [1.82, 2.24) is 4.90 Å². The van der Waals surface area contributed by atoms with E-state index in [1.165, 1.54) is 30.7 Å². The summed E-state index contributed by atoms with van der Waals surface area (Å²) in [5.41, 5.74) is 0.217. The van der Waals surface area contributed by atoms with E-state index in [4.69, 9.17) is 0 Å². The van der Waals surface area contributed by atoms with Crippen molar-refractivity contribution in [2.24, 2.45) is 0 Å². The van der Waals surface area contributed by atoms with Gasteiger partial charge < -0.3 is 0 Å². The first-order valence-corrected chi connectivity index (χ1v) is 8.04. The molecule has 102 valence electrons. The third-order valence-electron chi connectivity index (χ3n) is 3.78. The van der Waals surface area contributed by atoms with Gasteiger partial charge in [-0.1, -0.05) is 12.5 Å². The summed E-state index contributed by atoms with van der Waals surface area (Å²) in [5.74, 6) is -0.463. The normalized spacial score (nSPS) is 22.1. The Morgan fingerprint density at radius 3 is 2.58 bits per heavy atom.